The van der Waals surface area contributed by atoms with Gasteiger partial charge in [-0.1, -0.05) is 0 Å². The average Bonchev–Trinajstić information content (AvgIpc) is 2.89. The molecule has 2 amide bonds. The van der Waals surface area contributed by atoms with Crippen molar-refractivity contribution in [2.45, 2.75) is 25.3 Å². The summed E-state index contributed by atoms with van der Waals surface area (Å²) in [5.41, 5.74) is -0.319. The molecule has 0 aromatic heterocycles. The number of nitrogens with zero attached hydrogens (tertiary/aromatic N) is 2. The molecule has 2 fully saturated rings. The van der Waals surface area contributed by atoms with E-state index in [1.54, 1.807) is 0 Å². The molecule has 0 radical (unpaired) electrons. The molecule has 0 N–H and O–H groups in total. The highest BCUT2D eigenvalue weighted by Gasteiger charge is 2.40. The minimum atomic E-state index is -1.31. The Morgan fingerprint density at radius 2 is 1.71 bits per heavy atom. The molecule has 1 atom stereocenters. The fourth-order valence-corrected chi connectivity index (χ4v) is 2.92. The predicted molar refractivity (Wildman–Crippen MR) is 68.0 cm³/mol. The van der Waals surface area contributed by atoms with E-state index in [4.69, 9.17) is 0 Å². The Labute approximate surface area is 119 Å². The van der Waals surface area contributed by atoms with Gasteiger partial charge in [0.2, 0.25) is 11.8 Å². The Morgan fingerprint density at radius 1 is 1.00 bits per heavy atom. The lowest BCUT2D eigenvalue weighted by atomic mass is 10.1. The molecule has 2 aliphatic heterocycles. The van der Waals surface area contributed by atoms with Gasteiger partial charge in [0.05, 0.1) is 5.69 Å². The van der Waals surface area contributed by atoms with Gasteiger partial charge in [0.15, 0.2) is 11.6 Å². The highest BCUT2D eigenvalue weighted by molar-refractivity contribution is 6.01. The molecule has 4 nitrogen and oxygen atoms in total. The Kier molecular flexibility index (Phi) is 3.35. The molecule has 0 spiro atoms. The van der Waals surface area contributed by atoms with Crippen LogP contribution in [0.4, 0.5) is 18.9 Å². The van der Waals surface area contributed by atoms with Gasteiger partial charge in [-0.25, -0.2) is 13.2 Å². The first-order valence-corrected chi connectivity index (χ1v) is 6.74. The highest BCUT2D eigenvalue weighted by Crippen LogP contribution is 2.29. The third-order valence-electron chi connectivity index (χ3n) is 3.95. The van der Waals surface area contributed by atoms with Crippen LogP contribution in [0.1, 0.15) is 19.3 Å². The van der Waals surface area contributed by atoms with E-state index in [0.717, 1.165) is 4.90 Å². The second-order valence-electron chi connectivity index (χ2n) is 5.20. The van der Waals surface area contributed by atoms with E-state index in [0.29, 0.717) is 31.5 Å². The SMILES string of the molecule is O=C1C2CCCN2C(=O)CCN1c1cc(F)c(F)cc1F. The Bertz CT molecular complexity index is 620. The van der Waals surface area contributed by atoms with Crippen LogP contribution < -0.4 is 4.90 Å². The van der Waals surface area contributed by atoms with Gasteiger partial charge in [-0.2, -0.15) is 0 Å². The lowest BCUT2D eigenvalue weighted by Gasteiger charge is -2.25. The van der Waals surface area contributed by atoms with Crippen LogP contribution in [0.3, 0.4) is 0 Å². The van der Waals surface area contributed by atoms with Crippen LogP contribution in [-0.2, 0) is 9.59 Å². The largest absolute Gasteiger partial charge is 0.331 e. The summed E-state index contributed by atoms with van der Waals surface area (Å²) >= 11 is 0. The summed E-state index contributed by atoms with van der Waals surface area (Å²) in [6.45, 7) is 0.468. The van der Waals surface area contributed by atoms with E-state index in [2.05, 4.69) is 0 Å². The molecule has 1 aromatic rings. The molecular formula is C14H13F3N2O2. The van der Waals surface area contributed by atoms with Gasteiger partial charge in [0.25, 0.3) is 0 Å². The highest BCUT2D eigenvalue weighted by atomic mass is 19.2. The van der Waals surface area contributed by atoms with Gasteiger partial charge in [-0.05, 0) is 12.8 Å². The van der Waals surface area contributed by atoms with Crippen LogP contribution in [0.5, 0.6) is 0 Å². The zero-order chi connectivity index (χ0) is 15.1. The number of fused-ring (bicyclic) bond motifs is 1. The maximum Gasteiger partial charge on any atom is 0.249 e. The van der Waals surface area contributed by atoms with Crippen molar-refractivity contribution in [1.82, 2.24) is 4.90 Å². The number of hydrogen-bond acceptors (Lipinski definition) is 2. The van der Waals surface area contributed by atoms with Crippen molar-refractivity contribution in [3.8, 4) is 0 Å². The zero-order valence-electron chi connectivity index (χ0n) is 11.1. The number of carbonyl (C=O) groups excluding carboxylic acids is 2. The Hall–Kier alpha value is -2.05. The summed E-state index contributed by atoms with van der Waals surface area (Å²) in [6, 6.07) is 0.446. The standard InChI is InChI=1S/C14H13F3N2O2/c15-8-6-10(17)12(7-9(8)16)19-5-3-13(20)18-4-1-2-11(18)14(19)21/h6-7,11H,1-5H2. The number of halogens is 3. The molecule has 1 unspecified atom stereocenters. The predicted octanol–water partition coefficient (Wildman–Crippen LogP) is 1.83. The van der Waals surface area contributed by atoms with E-state index in [-0.39, 0.29) is 24.6 Å². The van der Waals surface area contributed by atoms with Gasteiger partial charge >= 0.3 is 0 Å². The minimum absolute atomic E-state index is 0.0351. The fourth-order valence-electron chi connectivity index (χ4n) is 2.92. The van der Waals surface area contributed by atoms with Crippen molar-refractivity contribution in [3.63, 3.8) is 0 Å². The van der Waals surface area contributed by atoms with Gasteiger partial charge in [-0.15, -0.1) is 0 Å². The van der Waals surface area contributed by atoms with Crippen molar-refractivity contribution in [3.05, 3.63) is 29.6 Å². The molecule has 21 heavy (non-hydrogen) atoms. The third-order valence-corrected chi connectivity index (χ3v) is 3.95. The second kappa shape index (κ2) is 5.05. The molecule has 112 valence electrons. The van der Waals surface area contributed by atoms with E-state index in [1.807, 2.05) is 0 Å². The van der Waals surface area contributed by atoms with E-state index in [9.17, 15) is 22.8 Å². The second-order valence-corrected chi connectivity index (χ2v) is 5.20. The van der Waals surface area contributed by atoms with E-state index >= 15 is 0 Å². The molecule has 0 aliphatic carbocycles. The number of carbonyl (C=O) groups is 2. The van der Waals surface area contributed by atoms with Crippen LogP contribution in [0.25, 0.3) is 0 Å². The van der Waals surface area contributed by atoms with Crippen molar-refractivity contribution in [2.75, 3.05) is 18.0 Å². The summed E-state index contributed by atoms with van der Waals surface area (Å²) in [4.78, 5) is 26.9. The fraction of sp³-hybridized carbons (Fsp3) is 0.429. The number of rotatable bonds is 1. The maximum atomic E-state index is 13.9. The Balaban J connectivity index is 2.00. The summed E-state index contributed by atoms with van der Waals surface area (Å²) in [6.07, 6.45) is 1.25. The van der Waals surface area contributed by atoms with Gasteiger partial charge in [-0.3, -0.25) is 9.59 Å². The lowest BCUT2D eigenvalue weighted by Crippen LogP contribution is -2.44. The third kappa shape index (κ3) is 2.26. The van der Waals surface area contributed by atoms with Crippen LogP contribution in [0.2, 0.25) is 0 Å². The molecule has 0 saturated carbocycles. The molecule has 7 heteroatoms. The first kappa shape index (κ1) is 13.9. The molecule has 0 bridgehead atoms. The van der Waals surface area contributed by atoms with Crippen LogP contribution in [-0.4, -0.2) is 35.8 Å². The topological polar surface area (TPSA) is 40.6 Å². The van der Waals surface area contributed by atoms with Crippen LogP contribution >= 0.6 is 0 Å². The molecule has 2 heterocycles. The van der Waals surface area contributed by atoms with Crippen LogP contribution in [0, 0.1) is 17.5 Å². The molecule has 2 saturated heterocycles. The summed E-state index contributed by atoms with van der Waals surface area (Å²) in [5, 5.41) is 0. The van der Waals surface area contributed by atoms with Crippen molar-refractivity contribution in [2.24, 2.45) is 0 Å². The average molecular weight is 298 g/mol. The minimum Gasteiger partial charge on any atom is -0.331 e. The molecular weight excluding hydrogens is 285 g/mol. The lowest BCUT2D eigenvalue weighted by molar-refractivity contribution is -0.135. The number of anilines is 1. The quantitative estimate of drug-likeness (QED) is 0.742. The normalized spacial score (nSPS) is 22.5. The van der Waals surface area contributed by atoms with Gasteiger partial charge in [0.1, 0.15) is 11.9 Å². The first-order chi connectivity index (χ1) is 9.99. The van der Waals surface area contributed by atoms with E-state index in [1.165, 1.54) is 4.90 Å². The first-order valence-electron chi connectivity index (χ1n) is 6.74. The van der Waals surface area contributed by atoms with Gasteiger partial charge < -0.3 is 9.80 Å². The number of amides is 2. The summed E-state index contributed by atoms with van der Waals surface area (Å²) in [7, 11) is 0. The van der Waals surface area contributed by atoms with Crippen molar-refractivity contribution >= 4 is 17.5 Å². The van der Waals surface area contributed by atoms with Crippen molar-refractivity contribution < 1.29 is 22.8 Å². The number of benzene rings is 1. The zero-order valence-corrected chi connectivity index (χ0v) is 11.1. The maximum absolute atomic E-state index is 13.9. The Morgan fingerprint density at radius 3 is 2.48 bits per heavy atom. The molecule has 1 aromatic carbocycles. The van der Waals surface area contributed by atoms with Gasteiger partial charge in [0, 0.05) is 31.6 Å². The molecule has 3 rings (SSSR count). The summed E-state index contributed by atoms with van der Waals surface area (Å²) in [5.74, 6) is -4.16. The smallest absolute Gasteiger partial charge is 0.249 e. The monoisotopic (exact) mass is 298 g/mol. The van der Waals surface area contributed by atoms with Crippen LogP contribution in [0.15, 0.2) is 12.1 Å². The summed E-state index contributed by atoms with van der Waals surface area (Å²) < 4.78 is 40.2. The van der Waals surface area contributed by atoms with Crippen molar-refractivity contribution in [1.29, 1.82) is 0 Å². The molecule has 2 aliphatic rings. The van der Waals surface area contributed by atoms with E-state index < -0.39 is 29.4 Å². The number of hydrogen-bond donors (Lipinski definition) is 0.